The second-order valence-electron chi connectivity index (χ2n) is 19.2. The van der Waals surface area contributed by atoms with Gasteiger partial charge in [0, 0.05) is 64.5 Å². The summed E-state index contributed by atoms with van der Waals surface area (Å²) in [5.41, 5.74) is 11.4. The summed E-state index contributed by atoms with van der Waals surface area (Å²) in [5.74, 6) is 0.518. The van der Waals surface area contributed by atoms with Crippen LogP contribution in [0.25, 0.3) is 26.6 Å². The maximum Gasteiger partial charge on any atom is 0.248 e. The summed E-state index contributed by atoms with van der Waals surface area (Å²) in [5, 5.41) is 32.5. The predicted octanol–water partition coefficient (Wildman–Crippen LogP) is 8.53. The first-order valence-corrected chi connectivity index (χ1v) is 26.0. The topological polar surface area (TPSA) is 176 Å². The molecule has 2 fully saturated rings. The Balaban J connectivity index is 0.784. The van der Waals surface area contributed by atoms with Crippen LogP contribution < -0.4 is 15.5 Å². The van der Waals surface area contributed by atoms with E-state index < -0.39 is 24.2 Å². The standard InChI is InChI=1S/C53H56ClN11O4S2/c1-28(2)48(52(69)63-26-42(66)20-44(63)51(68)57-30(4)34-11-13-36(14-12-34)49-31(5)55-27-70-49)64-23-38(22-56-64)37-9-8-10-41(19-37)62-24-40(25-62)58-45(67)21-43-50-61-60-33(7)65(50)53-46(29(3)32(6)71-53)47(59-43)35-15-17-39(54)18-16-35/h8-19,22-23,27-28,30,40,42-44,48,66H,20-21,24-26H2,1-7H3,(H,57,68)(H,58,67)/t30-,42+,43-,44-,48-/m0/s1. The van der Waals surface area contributed by atoms with Crippen molar-refractivity contribution in [1.29, 1.82) is 0 Å². The highest BCUT2D eigenvalue weighted by atomic mass is 35.5. The van der Waals surface area contributed by atoms with Gasteiger partial charge in [-0.1, -0.05) is 74.0 Å². The predicted molar refractivity (Wildman–Crippen MR) is 279 cm³/mol. The third-order valence-corrected chi connectivity index (χ3v) is 16.4. The first-order chi connectivity index (χ1) is 34.1. The highest BCUT2D eigenvalue weighted by molar-refractivity contribution is 7.15. The number of carbonyl (C=O) groups excluding carboxylic acids is 3. The Kier molecular flexibility index (Phi) is 13.3. The van der Waals surface area contributed by atoms with Gasteiger partial charge < -0.3 is 25.5 Å². The zero-order valence-corrected chi connectivity index (χ0v) is 43.0. The molecule has 71 heavy (non-hydrogen) atoms. The summed E-state index contributed by atoms with van der Waals surface area (Å²) in [6, 6.07) is 21.4. The molecule has 7 heterocycles. The number of aryl methyl sites for hydroxylation is 3. The number of aliphatic hydroxyl groups is 1. The molecule has 3 aromatic carbocycles. The van der Waals surface area contributed by atoms with Crippen LogP contribution in [0.4, 0.5) is 5.69 Å². The Morgan fingerprint density at radius 1 is 0.901 bits per heavy atom. The summed E-state index contributed by atoms with van der Waals surface area (Å²) < 4.78 is 3.73. The lowest BCUT2D eigenvalue weighted by molar-refractivity contribution is -0.142. The summed E-state index contributed by atoms with van der Waals surface area (Å²) in [6.45, 7) is 15.3. The van der Waals surface area contributed by atoms with Crippen LogP contribution in [0.5, 0.6) is 0 Å². The van der Waals surface area contributed by atoms with Crippen molar-refractivity contribution >= 4 is 63.4 Å². The van der Waals surface area contributed by atoms with E-state index in [2.05, 4.69) is 55.2 Å². The molecule has 0 unspecified atom stereocenters. The van der Waals surface area contributed by atoms with Crippen molar-refractivity contribution in [2.24, 2.45) is 10.9 Å². The zero-order valence-electron chi connectivity index (χ0n) is 40.6. The number of thiophene rings is 1. The molecule has 4 aromatic heterocycles. The fourth-order valence-electron chi connectivity index (χ4n) is 9.97. The minimum absolute atomic E-state index is 0.0584. The lowest BCUT2D eigenvalue weighted by Crippen LogP contribution is -2.59. The van der Waals surface area contributed by atoms with Gasteiger partial charge in [0.2, 0.25) is 17.7 Å². The minimum Gasteiger partial charge on any atom is -0.391 e. The van der Waals surface area contributed by atoms with Crippen molar-refractivity contribution in [2.75, 3.05) is 24.5 Å². The van der Waals surface area contributed by atoms with E-state index in [-0.39, 0.29) is 55.1 Å². The van der Waals surface area contributed by atoms with Gasteiger partial charge in [-0.3, -0.25) is 28.6 Å². The molecule has 3 amide bonds. The third kappa shape index (κ3) is 9.43. The lowest BCUT2D eigenvalue weighted by atomic mass is 9.99. The molecule has 15 nitrogen and oxygen atoms in total. The Labute approximate surface area is 425 Å². The van der Waals surface area contributed by atoms with Crippen LogP contribution >= 0.6 is 34.3 Å². The van der Waals surface area contributed by atoms with Crippen LogP contribution in [0.3, 0.4) is 0 Å². The summed E-state index contributed by atoms with van der Waals surface area (Å²) >= 11 is 9.56. The largest absolute Gasteiger partial charge is 0.391 e. The highest BCUT2D eigenvalue weighted by Crippen LogP contribution is 2.40. The van der Waals surface area contributed by atoms with Crippen LogP contribution in [0.1, 0.15) is 96.2 Å². The molecule has 10 rings (SSSR count). The van der Waals surface area contributed by atoms with Crippen molar-refractivity contribution in [1.82, 2.24) is 45.1 Å². The first-order valence-electron chi connectivity index (χ1n) is 24.0. The second-order valence-corrected chi connectivity index (χ2v) is 21.7. The third-order valence-electron chi connectivity index (χ3n) is 13.9. The quantitative estimate of drug-likeness (QED) is 0.102. The molecular formula is C53H56ClN11O4S2. The van der Waals surface area contributed by atoms with Crippen LogP contribution in [0.15, 0.2) is 95.7 Å². The number of nitrogens with zero attached hydrogens (tertiary/aromatic N) is 9. The number of benzene rings is 3. The number of halogens is 1. The minimum atomic E-state index is -0.829. The van der Waals surface area contributed by atoms with Crippen LogP contribution in [0.2, 0.25) is 5.02 Å². The Hall–Kier alpha value is -6.53. The molecule has 2 saturated heterocycles. The van der Waals surface area contributed by atoms with Crippen LogP contribution in [-0.2, 0) is 14.4 Å². The molecule has 18 heteroatoms. The number of nitrogens with one attached hydrogen (secondary N) is 2. The van der Waals surface area contributed by atoms with E-state index >= 15 is 0 Å². The van der Waals surface area contributed by atoms with Crippen molar-refractivity contribution in [3.63, 3.8) is 0 Å². The van der Waals surface area contributed by atoms with Gasteiger partial charge in [-0.05, 0) is 87.1 Å². The molecule has 5 atom stereocenters. The molecule has 0 aliphatic carbocycles. The SMILES string of the molecule is Cc1ncsc1-c1ccc([C@H](C)NC(=O)[C@@H]2C[C@@H](O)CN2C(=O)[C@H](C(C)C)n2cc(-c3cccc(N4CC(NC(=O)C[C@@H]5N=C(c6ccc(Cl)cc6)c6c(sc(C)c6C)-n6c(C)nnc65)C4)c3)cn2)cc1. The summed E-state index contributed by atoms with van der Waals surface area (Å²) in [4.78, 5) is 57.8. The normalized spacial score (nSPS) is 18.6. The number of rotatable bonds is 13. The smallest absolute Gasteiger partial charge is 0.248 e. The van der Waals surface area contributed by atoms with Crippen LogP contribution in [0, 0.1) is 33.6 Å². The van der Waals surface area contributed by atoms with Gasteiger partial charge in [0.05, 0.1) is 52.6 Å². The Morgan fingerprint density at radius 2 is 1.65 bits per heavy atom. The number of aliphatic imine (C=N–C) groups is 1. The number of β-amino-alcohol motifs (C(OH)–C–C–N with tert-alkyl or cyclic N) is 1. The molecular weight excluding hydrogens is 954 g/mol. The van der Waals surface area contributed by atoms with Gasteiger partial charge >= 0.3 is 0 Å². The Morgan fingerprint density at radius 3 is 2.37 bits per heavy atom. The average Bonchev–Trinajstić information content (AvgIpc) is 4.18. The van der Waals surface area contributed by atoms with E-state index in [0.717, 1.165) is 71.7 Å². The Bertz CT molecular complexity index is 3170. The number of thiazole rings is 1. The molecule has 0 spiro atoms. The van der Waals surface area contributed by atoms with E-state index in [1.54, 1.807) is 33.6 Å². The molecule has 0 bridgehead atoms. The number of hydrogen-bond donors (Lipinski definition) is 3. The maximum atomic E-state index is 14.5. The fourth-order valence-corrected chi connectivity index (χ4v) is 12.1. The summed E-state index contributed by atoms with van der Waals surface area (Å²) in [6.07, 6.45) is 3.06. The zero-order chi connectivity index (χ0) is 49.8. The fraction of sp³-hybridized carbons (Fsp3) is 0.358. The monoisotopic (exact) mass is 1010 g/mol. The number of aliphatic hydroxyl groups excluding tert-OH is 1. The number of carbonyl (C=O) groups is 3. The van der Waals surface area contributed by atoms with Crippen LogP contribution in [-0.4, -0.2) is 101 Å². The molecule has 3 N–H and O–H groups in total. The van der Waals surface area contributed by atoms with Crippen molar-refractivity contribution in [3.05, 3.63) is 140 Å². The molecule has 3 aliphatic rings. The number of hydrogen-bond acceptors (Lipinski definition) is 12. The lowest BCUT2D eigenvalue weighted by Gasteiger charge is -2.41. The first kappa shape index (κ1) is 48.1. The molecule has 3 aliphatic heterocycles. The number of fused-ring (bicyclic) bond motifs is 3. The number of anilines is 1. The van der Waals surface area contributed by atoms with Gasteiger partial charge in [0.15, 0.2) is 5.82 Å². The van der Waals surface area contributed by atoms with Gasteiger partial charge in [0.25, 0.3) is 0 Å². The van der Waals surface area contributed by atoms with Crippen molar-refractivity contribution < 1.29 is 19.5 Å². The number of aromatic nitrogens is 6. The van der Waals surface area contributed by atoms with Gasteiger partial charge in [-0.2, -0.15) is 5.10 Å². The summed E-state index contributed by atoms with van der Waals surface area (Å²) in [7, 11) is 0. The number of amides is 3. The van der Waals surface area contributed by atoms with Gasteiger partial charge in [0.1, 0.15) is 29.0 Å². The van der Waals surface area contributed by atoms with E-state index in [9.17, 15) is 19.5 Å². The van der Waals surface area contributed by atoms with E-state index in [0.29, 0.717) is 23.9 Å². The average molecular weight is 1010 g/mol. The maximum absolute atomic E-state index is 14.5. The molecule has 366 valence electrons. The molecule has 7 aromatic rings. The second kappa shape index (κ2) is 19.6. The van der Waals surface area contributed by atoms with Crippen molar-refractivity contribution in [3.8, 4) is 26.6 Å². The van der Waals surface area contributed by atoms with E-state index in [1.807, 2.05) is 113 Å². The number of likely N-dealkylation sites (tertiary alicyclic amines) is 1. The van der Waals surface area contributed by atoms with E-state index in [1.165, 1.54) is 9.78 Å². The molecule has 0 radical (unpaired) electrons. The highest BCUT2D eigenvalue weighted by Gasteiger charge is 2.43. The van der Waals surface area contributed by atoms with E-state index in [4.69, 9.17) is 21.7 Å². The van der Waals surface area contributed by atoms with Crippen molar-refractivity contribution in [2.45, 2.75) is 97.6 Å². The van der Waals surface area contributed by atoms with Gasteiger partial charge in [-0.15, -0.1) is 32.9 Å². The van der Waals surface area contributed by atoms with Gasteiger partial charge in [-0.25, -0.2) is 4.98 Å². The molecule has 0 saturated carbocycles.